The Morgan fingerprint density at radius 3 is 1.71 bits per heavy atom. The van der Waals surface area contributed by atoms with Gasteiger partial charge >= 0.3 is 6.18 Å². The molecule has 3 aromatic rings. The highest BCUT2D eigenvalue weighted by Gasteiger charge is 2.23. The van der Waals surface area contributed by atoms with Gasteiger partial charge < -0.3 is 0 Å². The third-order valence-electron chi connectivity index (χ3n) is 4.67. The van der Waals surface area contributed by atoms with Gasteiger partial charge in [-0.25, -0.2) is 17.6 Å². The number of hydrogen-bond donors (Lipinski definition) is 0. The Kier molecular flexibility index (Phi) is 6.53. The largest absolute Gasteiger partial charge is 0.409 e. The lowest BCUT2D eigenvalue weighted by Crippen LogP contribution is -2.01. The Bertz CT molecular complexity index is 1060. The molecular weight excluding hydrogens is 421 g/mol. The monoisotopic (exact) mass is 438 g/mol. The molecule has 0 fully saturated rings. The molecule has 0 amide bonds. The van der Waals surface area contributed by atoms with Crippen molar-refractivity contribution in [1.82, 2.24) is 0 Å². The highest BCUT2D eigenvalue weighted by Crippen LogP contribution is 2.33. The summed E-state index contributed by atoms with van der Waals surface area (Å²) in [6.45, 7) is 2.03. The summed E-state index contributed by atoms with van der Waals surface area (Å²) in [4.78, 5) is 0. The Balaban J connectivity index is 1.99. The standard InChI is InChI=1S/C24H17F7/c1-2-3-14-4-6-15(7-5-14)16-10-21(27)23(22(28)11-16)17-12-19(25)18(20(26)13-17)8-9-24(29,30)31/h4-13H,2-3H2,1H3. The molecule has 0 aliphatic rings. The maximum absolute atomic E-state index is 14.7. The van der Waals surface area contributed by atoms with Crippen molar-refractivity contribution in [2.45, 2.75) is 25.9 Å². The van der Waals surface area contributed by atoms with Crippen molar-refractivity contribution in [1.29, 1.82) is 0 Å². The normalized spacial score (nSPS) is 12.0. The molecule has 0 heterocycles. The highest BCUT2D eigenvalue weighted by atomic mass is 19.4. The van der Waals surface area contributed by atoms with Crippen LogP contribution in [0.25, 0.3) is 28.3 Å². The fourth-order valence-electron chi connectivity index (χ4n) is 3.23. The van der Waals surface area contributed by atoms with E-state index in [1.807, 2.05) is 19.1 Å². The van der Waals surface area contributed by atoms with Crippen molar-refractivity contribution >= 4 is 6.08 Å². The molecule has 0 N–H and O–H groups in total. The van der Waals surface area contributed by atoms with Crippen LogP contribution in [-0.4, -0.2) is 6.18 Å². The molecule has 3 aromatic carbocycles. The summed E-state index contributed by atoms with van der Waals surface area (Å²) in [6, 6.07) is 10.4. The smallest absolute Gasteiger partial charge is 0.206 e. The van der Waals surface area contributed by atoms with E-state index in [1.54, 1.807) is 12.1 Å². The van der Waals surface area contributed by atoms with Gasteiger partial charge in [-0.3, -0.25) is 0 Å². The number of halogens is 7. The number of alkyl halides is 3. The molecule has 0 aromatic heterocycles. The average molecular weight is 438 g/mol. The Labute approximate surface area is 174 Å². The third kappa shape index (κ3) is 5.34. The maximum atomic E-state index is 14.7. The summed E-state index contributed by atoms with van der Waals surface area (Å²) in [7, 11) is 0. The molecule has 0 bridgehead atoms. The zero-order chi connectivity index (χ0) is 22.8. The van der Waals surface area contributed by atoms with Crippen molar-refractivity contribution in [3.63, 3.8) is 0 Å². The van der Waals surface area contributed by atoms with E-state index in [0.717, 1.165) is 30.5 Å². The van der Waals surface area contributed by atoms with Crippen LogP contribution in [0.1, 0.15) is 24.5 Å². The summed E-state index contributed by atoms with van der Waals surface area (Å²) in [6.07, 6.45) is -3.04. The molecule has 31 heavy (non-hydrogen) atoms. The van der Waals surface area contributed by atoms with Gasteiger partial charge in [-0.1, -0.05) is 37.6 Å². The van der Waals surface area contributed by atoms with Gasteiger partial charge in [0.05, 0.1) is 5.56 Å². The summed E-state index contributed by atoms with van der Waals surface area (Å²) >= 11 is 0. The van der Waals surface area contributed by atoms with E-state index >= 15 is 0 Å². The van der Waals surface area contributed by atoms with Gasteiger partial charge in [0.2, 0.25) is 0 Å². The van der Waals surface area contributed by atoms with Gasteiger partial charge in [0.1, 0.15) is 23.3 Å². The van der Waals surface area contributed by atoms with Crippen LogP contribution in [-0.2, 0) is 6.42 Å². The van der Waals surface area contributed by atoms with Crippen molar-refractivity contribution < 1.29 is 30.7 Å². The lowest BCUT2D eigenvalue weighted by atomic mass is 9.97. The van der Waals surface area contributed by atoms with Crippen LogP contribution in [0.15, 0.2) is 54.6 Å². The molecule has 0 nitrogen and oxygen atoms in total. The Morgan fingerprint density at radius 1 is 0.710 bits per heavy atom. The van der Waals surface area contributed by atoms with Gasteiger partial charge in [-0.05, 0) is 59.0 Å². The molecule has 0 spiro atoms. The van der Waals surface area contributed by atoms with Crippen LogP contribution in [0.4, 0.5) is 30.7 Å². The van der Waals surface area contributed by atoms with Gasteiger partial charge in [0.15, 0.2) is 0 Å². The molecule has 0 aliphatic heterocycles. The predicted octanol–water partition coefficient (Wildman–Crippen LogP) is 8.11. The number of rotatable bonds is 5. The van der Waals surface area contributed by atoms with Crippen molar-refractivity contribution in [3.8, 4) is 22.3 Å². The fourth-order valence-corrected chi connectivity index (χ4v) is 3.23. The molecule has 3 rings (SSSR count). The van der Waals surface area contributed by atoms with E-state index in [2.05, 4.69) is 0 Å². The van der Waals surface area contributed by atoms with Gasteiger partial charge in [0.25, 0.3) is 0 Å². The molecule has 7 heteroatoms. The summed E-state index contributed by atoms with van der Waals surface area (Å²) in [5.41, 5.74) is -0.198. The molecule has 0 unspecified atom stereocenters. The van der Waals surface area contributed by atoms with Crippen LogP contribution in [0.5, 0.6) is 0 Å². The molecule has 162 valence electrons. The van der Waals surface area contributed by atoms with E-state index in [4.69, 9.17) is 0 Å². The second-order valence-electron chi connectivity index (χ2n) is 6.99. The minimum atomic E-state index is -4.76. The molecule has 0 saturated heterocycles. The van der Waals surface area contributed by atoms with E-state index in [-0.39, 0.29) is 17.7 Å². The fraction of sp³-hybridized carbons (Fsp3) is 0.167. The van der Waals surface area contributed by atoms with Gasteiger partial charge in [-0.2, -0.15) is 13.2 Å². The Morgan fingerprint density at radius 2 is 1.23 bits per heavy atom. The van der Waals surface area contributed by atoms with Crippen LogP contribution in [0.3, 0.4) is 0 Å². The highest BCUT2D eigenvalue weighted by molar-refractivity contribution is 5.73. The zero-order valence-corrected chi connectivity index (χ0v) is 16.3. The topological polar surface area (TPSA) is 0 Å². The van der Waals surface area contributed by atoms with Crippen molar-refractivity contribution in [3.05, 3.63) is 89.0 Å². The SMILES string of the molecule is CCCc1ccc(-c2cc(F)c(-c3cc(F)c(C=CC(F)(F)F)c(F)c3)c(F)c2)cc1. The lowest BCUT2D eigenvalue weighted by Gasteiger charge is -2.11. The number of aryl methyl sites for hydroxylation is 1. The first kappa shape index (κ1) is 22.6. The van der Waals surface area contributed by atoms with E-state index < -0.39 is 46.1 Å². The van der Waals surface area contributed by atoms with Crippen LogP contribution in [0.2, 0.25) is 0 Å². The first-order valence-electron chi connectivity index (χ1n) is 9.42. The first-order valence-corrected chi connectivity index (χ1v) is 9.42. The van der Waals surface area contributed by atoms with Crippen molar-refractivity contribution in [2.75, 3.05) is 0 Å². The minimum Gasteiger partial charge on any atom is -0.206 e. The molecular formula is C24H17F7. The van der Waals surface area contributed by atoms with Crippen LogP contribution < -0.4 is 0 Å². The summed E-state index contributed by atoms with van der Waals surface area (Å²) < 4.78 is 94.5. The first-order chi connectivity index (χ1) is 14.6. The molecule has 0 aliphatic carbocycles. The van der Waals surface area contributed by atoms with Gasteiger partial charge in [0, 0.05) is 11.6 Å². The van der Waals surface area contributed by atoms with E-state index in [0.29, 0.717) is 17.7 Å². The average Bonchev–Trinajstić information content (AvgIpc) is 2.67. The third-order valence-corrected chi connectivity index (χ3v) is 4.67. The molecule has 0 radical (unpaired) electrons. The van der Waals surface area contributed by atoms with Gasteiger partial charge in [-0.15, -0.1) is 0 Å². The summed E-state index contributed by atoms with van der Waals surface area (Å²) in [5, 5.41) is 0. The second kappa shape index (κ2) is 8.96. The maximum Gasteiger partial charge on any atom is 0.409 e. The molecule has 0 atom stereocenters. The quantitative estimate of drug-likeness (QED) is 0.353. The lowest BCUT2D eigenvalue weighted by molar-refractivity contribution is -0.0790. The van der Waals surface area contributed by atoms with E-state index in [9.17, 15) is 30.7 Å². The predicted molar refractivity (Wildman–Crippen MR) is 106 cm³/mol. The van der Waals surface area contributed by atoms with E-state index in [1.165, 1.54) is 0 Å². The molecule has 0 saturated carbocycles. The number of benzene rings is 3. The zero-order valence-electron chi connectivity index (χ0n) is 16.3. The number of hydrogen-bond acceptors (Lipinski definition) is 0. The second-order valence-corrected chi connectivity index (χ2v) is 6.99. The number of allylic oxidation sites excluding steroid dienone is 1. The van der Waals surface area contributed by atoms with Crippen LogP contribution in [0, 0.1) is 23.3 Å². The van der Waals surface area contributed by atoms with Crippen LogP contribution >= 0.6 is 0 Å². The van der Waals surface area contributed by atoms with Crippen molar-refractivity contribution in [2.24, 2.45) is 0 Å². The Hall–Kier alpha value is -3.09. The minimum absolute atomic E-state index is 0.229. The summed E-state index contributed by atoms with van der Waals surface area (Å²) in [5.74, 6) is -4.84.